The fourth-order valence-electron chi connectivity index (χ4n) is 2.06. The lowest BCUT2D eigenvalue weighted by Gasteiger charge is -2.09. The minimum Gasteiger partial charge on any atom is -0.502 e. The van der Waals surface area contributed by atoms with Crippen LogP contribution in [-0.4, -0.2) is 28.7 Å². The molecule has 1 aromatic carbocycles. The van der Waals surface area contributed by atoms with Crippen molar-refractivity contribution in [3.63, 3.8) is 0 Å². The SMILES string of the molecule is Cc1cccc(OCCCNC(=O)c2ccn(C)c(=O)c2O)c1. The first-order chi connectivity index (χ1) is 11.0. The number of hydrogen-bond donors (Lipinski definition) is 2. The van der Waals surface area contributed by atoms with E-state index in [1.807, 2.05) is 31.2 Å². The summed E-state index contributed by atoms with van der Waals surface area (Å²) in [6.45, 7) is 2.84. The highest BCUT2D eigenvalue weighted by Gasteiger charge is 2.14. The van der Waals surface area contributed by atoms with Gasteiger partial charge in [-0.25, -0.2) is 0 Å². The summed E-state index contributed by atoms with van der Waals surface area (Å²) in [5.74, 6) is -0.222. The van der Waals surface area contributed by atoms with E-state index in [-0.39, 0.29) is 5.56 Å². The molecular formula is C17H20N2O4. The zero-order valence-electron chi connectivity index (χ0n) is 13.2. The molecule has 0 saturated heterocycles. The van der Waals surface area contributed by atoms with E-state index in [1.54, 1.807) is 0 Å². The summed E-state index contributed by atoms with van der Waals surface area (Å²) < 4.78 is 6.79. The predicted molar refractivity (Wildman–Crippen MR) is 87.0 cm³/mol. The Labute approximate surface area is 134 Å². The van der Waals surface area contributed by atoms with Gasteiger partial charge in [-0.1, -0.05) is 12.1 Å². The van der Waals surface area contributed by atoms with Crippen molar-refractivity contribution < 1.29 is 14.6 Å². The Bertz CT molecular complexity index is 752. The zero-order valence-corrected chi connectivity index (χ0v) is 13.2. The number of pyridine rings is 1. The molecule has 0 aliphatic rings. The third-order valence-corrected chi connectivity index (χ3v) is 3.35. The number of aryl methyl sites for hydroxylation is 2. The molecule has 23 heavy (non-hydrogen) atoms. The summed E-state index contributed by atoms with van der Waals surface area (Å²) in [6.07, 6.45) is 2.06. The highest BCUT2D eigenvalue weighted by atomic mass is 16.5. The second-order valence-electron chi connectivity index (χ2n) is 5.27. The molecule has 1 aromatic heterocycles. The monoisotopic (exact) mass is 316 g/mol. The van der Waals surface area contributed by atoms with Crippen LogP contribution in [0.4, 0.5) is 0 Å². The van der Waals surface area contributed by atoms with Crippen molar-refractivity contribution in [2.75, 3.05) is 13.2 Å². The van der Waals surface area contributed by atoms with E-state index in [2.05, 4.69) is 5.32 Å². The van der Waals surface area contributed by atoms with E-state index < -0.39 is 17.2 Å². The average Bonchev–Trinajstić information content (AvgIpc) is 2.52. The van der Waals surface area contributed by atoms with E-state index >= 15 is 0 Å². The van der Waals surface area contributed by atoms with Crippen molar-refractivity contribution in [1.82, 2.24) is 9.88 Å². The summed E-state index contributed by atoms with van der Waals surface area (Å²) >= 11 is 0. The van der Waals surface area contributed by atoms with Gasteiger partial charge in [-0.15, -0.1) is 0 Å². The lowest BCUT2D eigenvalue weighted by Crippen LogP contribution is -2.28. The van der Waals surface area contributed by atoms with Crippen LogP contribution in [0.25, 0.3) is 0 Å². The van der Waals surface area contributed by atoms with Gasteiger partial charge in [-0.05, 0) is 37.1 Å². The Balaban J connectivity index is 1.79. The standard InChI is InChI=1S/C17H20N2O4/c1-12-5-3-6-13(11-12)23-10-4-8-18-16(21)14-7-9-19(2)17(22)15(14)20/h3,5-7,9,11,20H,4,8,10H2,1-2H3,(H,18,21). The number of amides is 1. The molecule has 6 nitrogen and oxygen atoms in total. The van der Waals surface area contributed by atoms with E-state index in [1.165, 1.54) is 23.9 Å². The summed E-state index contributed by atoms with van der Waals surface area (Å²) in [6, 6.07) is 9.14. The third-order valence-electron chi connectivity index (χ3n) is 3.35. The Kier molecular flexibility index (Phi) is 5.41. The molecule has 0 radical (unpaired) electrons. The highest BCUT2D eigenvalue weighted by Crippen LogP contribution is 2.12. The molecule has 0 bridgehead atoms. The minimum atomic E-state index is -0.597. The van der Waals surface area contributed by atoms with Crippen molar-refractivity contribution in [3.05, 3.63) is 58.0 Å². The second kappa shape index (κ2) is 7.49. The maximum absolute atomic E-state index is 11.9. The molecule has 0 atom stereocenters. The first-order valence-corrected chi connectivity index (χ1v) is 7.35. The molecule has 2 N–H and O–H groups in total. The number of carbonyl (C=O) groups is 1. The van der Waals surface area contributed by atoms with Crippen LogP contribution in [0.5, 0.6) is 11.5 Å². The van der Waals surface area contributed by atoms with Crippen molar-refractivity contribution in [1.29, 1.82) is 0 Å². The van der Waals surface area contributed by atoms with Crippen molar-refractivity contribution >= 4 is 5.91 Å². The fourth-order valence-corrected chi connectivity index (χ4v) is 2.06. The molecule has 0 unspecified atom stereocenters. The molecular weight excluding hydrogens is 296 g/mol. The van der Waals surface area contributed by atoms with Crippen LogP contribution in [0.2, 0.25) is 0 Å². The van der Waals surface area contributed by atoms with Crippen LogP contribution in [0.15, 0.2) is 41.3 Å². The van der Waals surface area contributed by atoms with Crippen LogP contribution >= 0.6 is 0 Å². The van der Waals surface area contributed by atoms with Gasteiger partial charge in [0.05, 0.1) is 12.2 Å². The summed E-state index contributed by atoms with van der Waals surface area (Å²) in [5, 5.41) is 12.4. The van der Waals surface area contributed by atoms with Gasteiger partial charge < -0.3 is 19.7 Å². The Morgan fingerprint density at radius 1 is 1.35 bits per heavy atom. The fraction of sp³-hybridized carbons (Fsp3) is 0.294. The van der Waals surface area contributed by atoms with E-state index in [4.69, 9.17) is 4.74 Å². The van der Waals surface area contributed by atoms with Crippen LogP contribution in [0, 0.1) is 6.92 Å². The lowest BCUT2D eigenvalue weighted by molar-refractivity contribution is 0.0948. The zero-order chi connectivity index (χ0) is 16.8. The number of hydrogen-bond acceptors (Lipinski definition) is 4. The number of rotatable bonds is 6. The van der Waals surface area contributed by atoms with Gasteiger partial charge in [0.25, 0.3) is 11.5 Å². The molecule has 0 aliphatic carbocycles. The highest BCUT2D eigenvalue weighted by molar-refractivity contribution is 5.96. The quantitative estimate of drug-likeness (QED) is 0.793. The Hall–Kier alpha value is -2.76. The third kappa shape index (κ3) is 4.35. The first kappa shape index (κ1) is 16.6. The molecule has 0 saturated carbocycles. The van der Waals surface area contributed by atoms with Gasteiger partial charge in [-0.3, -0.25) is 9.59 Å². The summed E-state index contributed by atoms with van der Waals surface area (Å²) in [5.41, 5.74) is 0.505. The van der Waals surface area contributed by atoms with E-state index in [0.29, 0.717) is 19.6 Å². The van der Waals surface area contributed by atoms with E-state index in [0.717, 1.165) is 11.3 Å². The van der Waals surface area contributed by atoms with Crippen LogP contribution in [-0.2, 0) is 7.05 Å². The number of aromatic nitrogens is 1. The number of nitrogens with zero attached hydrogens (tertiary/aromatic N) is 1. The van der Waals surface area contributed by atoms with Gasteiger partial charge in [0.2, 0.25) is 0 Å². The molecule has 0 aliphatic heterocycles. The number of carbonyl (C=O) groups excluding carboxylic acids is 1. The molecule has 6 heteroatoms. The maximum Gasteiger partial charge on any atom is 0.293 e. The molecule has 2 aromatic rings. The Morgan fingerprint density at radius 2 is 2.13 bits per heavy atom. The van der Waals surface area contributed by atoms with Crippen LogP contribution in [0.3, 0.4) is 0 Å². The van der Waals surface area contributed by atoms with Crippen LogP contribution < -0.4 is 15.6 Å². The number of ether oxygens (including phenoxy) is 1. The van der Waals surface area contributed by atoms with Crippen LogP contribution in [0.1, 0.15) is 22.3 Å². The second-order valence-corrected chi connectivity index (χ2v) is 5.27. The number of nitrogens with one attached hydrogen (secondary N) is 1. The molecule has 0 spiro atoms. The normalized spacial score (nSPS) is 10.3. The first-order valence-electron chi connectivity index (χ1n) is 7.35. The smallest absolute Gasteiger partial charge is 0.293 e. The predicted octanol–water partition coefficient (Wildman–Crippen LogP) is 1.60. The molecule has 1 amide bonds. The van der Waals surface area contributed by atoms with Crippen molar-refractivity contribution in [2.45, 2.75) is 13.3 Å². The van der Waals surface area contributed by atoms with Gasteiger partial charge in [0.1, 0.15) is 5.75 Å². The Morgan fingerprint density at radius 3 is 2.87 bits per heavy atom. The van der Waals surface area contributed by atoms with E-state index in [9.17, 15) is 14.7 Å². The largest absolute Gasteiger partial charge is 0.502 e. The number of benzene rings is 1. The lowest BCUT2D eigenvalue weighted by atomic mass is 10.2. The van der Waals surface area contributed by atoms with Crippen molar-refractivity contribution in [2.24, 2.45) is 7.05 Å². The minimum absolute atomic E-state index is 0.0206. The average molecular weight is 316 g/mol. The van der Waals surface area contributed by atoms with Gasteiger partial charge >= 0.3 is 0 Å². The molecule has 2 rings (SSSR count). The molecule has 0 fully saturated rings. The van der Waals surface area contributed by atoms with Gasteiger partial charge in [0.15, 0.2) is 5.75 Å². The molecule has 1 heterocycles. The van der Waals surface area contributed by atoms with Gasteiger partial charge in [0, 0.05) is 19.8 Å². The summed E-state index contributed by atoms with van der Waals surface area (Å²) in [7, 11) is 1.51. The maximum atomic E-state index is 11.9. The van der Waals surface area contributed by atoms with Gasteiger partial charge in [-0.2, -0.15) is 0 Å². The number of aromatic hydroxyl groups is 1. The molecule has 122 valence electrons. The topological polar surface area (TPSA) is 80.6 Å². The van der Waals surface area contributed by atoms with Crippen molar-refractivity contribution in [3.8, 4) is 11.5 Å². The summed E-state index contributed by atoms with van der Waals surface area (Å²) in [4.78, 5) is 23.5.